The number of aryl methyl sites for hydroxylation is 1. The van der Waals surface area contributed by atoms with E-state index in [9.17, 15) is 9.59 Å². The van der Waals surface area contributed by atoms with Crippen molar-refractivity contribution in [3.05, 3.63) is 99.2 Å². The lowest BCUT2D eigenvalue weighted by molar-refractivity contribution is 0.0734. The maximum absolute atomic E-state index is 12.5. The third-order valence-corrected chi connectivity index (χ3v) is 4.84. The Morgan fingerprint density at radius 1 is 1.00 bits per heavy atom. The van der Waals surface area contributed by atoms with E-state index in [1.807, 2.05) is 43.3 Å². The summed E-state index contributed by atoms with van der Waals surface area (Å²) < 4.78 is 12.1. The van der Waals surface area contributed by atoms with Crippen molar-refractivity contribution in [1.82, 2.24) is 0 Å². The molecule has 0 N–H and O–H groups in total. The number of Topliss-reactive ketones (excluding diaryl/α,β-unsaturated/α-hetero) is 1. The zero-order valence-electron chi connectivity index (χ0n) is 14.9. The van der Waals surface area contributed by atoms with Crippen LogP contribution >= 0.6 is 15.9 Å². The molecule has 0 saturated carbocycles. The number of hydrogen-bond donors (Lipinski definition) is 0. The topological polar surface area (TPSA) is 52.6 Å². The van der Waals surface area contributed by atoms with Gasteiger partial charge in [0.25, 0.3) is 0 Å². The molecular formula is C23H15BrO4. The number of ether oxygens (including phenoxy) is 2. The fourth-order valence-electron chi connectivity index (χ4n) is 2.80. The third-order valence-electron chi connectivity index (χ3n) is 4.31. The number of rotatable bonds is 3. The van der Waals surface area contributed by atoms with Crippen LogP contribution in [0, 0.1) is 6.92 Å². The van der Waals surface area contributed by atoms with Crippen molar-refractivity contribution in [2.45, 2.75) is 6.92 Å². The molecule has 1 aliphatic rings. The van der Waals surface area contributed by atoms with Crippen LogP contribution in [0.2, 0.25) is 0 Å². The number of carbonyl (C=O) groups excluding carboxylic acids is 2. The predicted octanol–water partition coefficient (Wildman–Crippen LogP) is 5.59. The molecule has 1 aliphatic heterocycles. The van der Waals surface area contributed by atoms with E-state index in [0.717, 1.165) is 15.6 Å². The lowest BCUT2D eigenvalue weighted by Crippen LogP contribution is -2.08. The van der Waals surface area contributed by atoms with Crippen LogP contribution in [0.5, 0.6) is 11.5 Å². The van der Waals surface area contributed by atoms with Crippen LogP contribution in [-0.4, -0.2) is 11.8 Å². The molecule has 0 bridgehead atoms. The molecule has 0 amide bonds. The van der Waals surface area contributed by atoms with E-state index in [-0.39, 0.29) is 11.5 Å². The Labute approximate surface area is 170 Å². The number of fused-ring (bicyclic) bond motifs is 1. The molecule has 1 heterocycles. The van der Waals surface area contributed by atoms with Crippen molar-refractivity contribution < 1.29 is 19.1 Å². The van der Waals surface area contributed by atoms with Gasteiger partial charge in [0.2, 0.25) is 5.78 Å². The molecule has 4 nitrogen and oxygen atoms in total. The summed E-state index contributed by atoms with van der Waals surface area (Å²) in [6, 6.07) is 19.4. The van der Waals surface area contributed by atoms with E-state index >= 15 is 0 Å². The SMILES string of the molecule is Cc1ccc(C(=O)Oc2ccc3c(c2)O/C(=C\c2ccc(Br)cc2)C3=O)cc1. The largest absolute Gasteiger partial charge is 0.452 e. The van der Waals surface area contributed by atoms with Crippen molar-refractivity contribution in [1.29, 1.82) is 0 Å². The van der Waals surface area contributed by atoms with Crippen molar-refractivity contribution in [3.8, 4) is 11.5 Å². The monoisotopic (exact) mass is 434 g/mol. The van der Waals surface area contributed by atoms with E-state index in [1.165, 1.54) is 0 Å². The van der Waals surface area contributed by atoms with E-state index in [0.29, 0.717) is 22.6 Å². The van der Waals surface area contributed by atoms with Gasteiger partial charge in [-0.05, 0) is 55.0 Å². The Kier molecular flexibility index (Phi) is 4.84. The lowest BCUT2D eigenvalue weighted by atomic mass is 10.1. The molecule has 0 radical (unpaired) electrons. The van der Waals surface area contributed by atoms with Gasteiger partial charge in [0.15, 0.2) is 5.76 Å². The van der Waals surface area contributed by atoms with E-state index < -0.39 is 5.97 Å². The minimum atomic E-state index is -0.463. The first-order chi connectivity index (χ1) is 13.5. The quantitative estimate of drug-likeness (QED) is 0.306. The average molecular weight is 435 g/mol. The van der Waals surface area contributed by atoms with Crippen molar-refractivity contribution in [3.63, 3.8) is 0 Å². The first-order valence-corrected chi connectivity index (χ1v) is 9.41. The van der Waals surface area contributed by atoms with Crippen LogP contribution < -0.4 is 9.47 Å². The fourth-order valence-corrected chi connectivity index (χ4v) is 3.06. The number of esters is 1. The van der Waals surface area contributed by atoms with Crippen molar-refractivity contribution in [2.24, 2.45) is 0 Å². The highest BCUT2D eigenvalue weighted by Gasteiger charge is 2.28. The van der Waals surface area contributed by atoms with E-state index in [4.69, 9.17) is 9.47 Å². The summed E-state index contributed by atoms with van der Waals surface area (Å²) in [4.78, 5) is 24.8. The van der Waals surface area contributed by atoms with Gasteiger partial charge in [-0.15, -0.1) is 0 Å². The summed E-state index contributed by atoms with van der Waals surface area (Å²) in [6.07, 6.45) is 1.69. The van der Waals surface area contributed by atoms with Gasteiger partial charge >= 0.3 is 5.97 Å². The highest BCUT2D eigenvalue weighted by atomic mass is 79.9. The van der Waals surface area contributed by atoms with Gasteiger partial charge in [-0.3, -0.25) is 4.79 Å². The van der Waals surface area contributed by atoms with Crippen molar-refractivity contribution in [2.75, 3.05) is 0 Å². The molecule has 0 fully saturated rings. The summed E-state index contributed by atoms with van der Waals surface area (Å²) in [7, 11) is 0. The summed E-state index contributed by atoms with van der Waals surface area (Å²) in [6.45, 7) is 1.95. The maximum Gasteiger partial charge on any atom is 0.343 e. The number of hydrogen-bond acceptors (Lipinski definition) is 4. The molecule has 0 aliphatic carbocycles. The lowest BCUT2D eigenvalue weighted by Gasteiger charge is -2.06. The van der Waals surface area contributed by atoms with Gasteiger partial charge in [-0.2, -0.15) is 0 Å². The van der Waals surface area contributed by atoms with Gasteiger partial charge in [0.05, 0.1) is 11.1 Å². The Morgan fingerprint density at radius 2 is 1.71 bits per heavy atom. The van der Waals surface area contributed by atoms with E-state index in [2.05, 4.69) is 15.9 Å². The maximum atomic E-state index is 12.5. The van der Waals surface area contributed by atoms with Gasteiger partial charge in [-0.25, -0.2) is 4.79 Å². The summed E-state index contributed by atoms with van der Waals surface area (Å²) in [5, 5.41) is 0. The van der Waals surface area contributed by atoms with Crippen LogP contribution in [0.4, 0.5) is 0 Å². The molecule has 3 aromatic rings. The molecule has 138 valence electrons. The highest BCUT2D eigenvalue weighted by Crippen LogP contribution is 2.35. The van der Waals surface area contributed by atoms with Gasteiger partial charge in [0.1, 0.15) is 11.5 Å². The molecule has 5 heteroatoms. The van der Waals surface area contributed by atoms with Gasteiger partial charge in [0, 0.05) is 10.5 Å². The van der Waals surface area contributed by atoms with Crippen molar-refractivity contribution >= 4 is 33.8 Å². The van der Waals surface area contributed by atoms with Gasteiger partial charge < -0.3 is 9.47 Å². The molecule has 0 saturated heterocycles. The van der Waals surface area contributed by atoms with Crippen LogP contribution in [-0.2, 0) is 0 Å². The second-order valence-corrected chi connectivity index (χ2v) is 7.32. The second-order valence-electron chi connectivity index (χ2n) is 6.40. The Morgan fingerprint density at radius 3 is 2.43 bits per heavy atom. The van der Waals surface area contributed by atoms with Crippen LogP contribution in [0.1, 0.15) is 31.8 Å². The molecular weight excluding hydrogens is 420 g/mol. The molecule has 0 unspecified atom stereocenters. The number of ketones is 1. The number of benzene rings is 3. The highest BCUT2D eigenvalue weighted by molar-refractivity contribution is 9.10. The summed E-state index contributed by atoms with van der Waals surface area (Å²) >= 11 is 3.38. The molecule has 28 heavy (non-hydrogen) atoms. The third kappa shape index (κ3) is 3.75. The minimum Gasteiger partial charge on any atom is -0.452 e. The first-order valence-electron chi connectivity index (χ1n) is 8.62. The molecule has 0 aromatic heterocycles. The summed E-state index contributed by atoms with van der Waals surface area (Å²) in [5.74, 6) is 0.271. The molecule has 0 spiro atoms. The minimum absolute atomic E-state index is 0.200. The van der Waals surface area contributed by atoms with E-state index in [1.54, 1.807) is 36.4 Å². The fraction of sp³-hybridized carbons (Fsp3) is 0.0435. The second kappa shape index (κ2) is 7.44. The number of allylic oxidation sites excluding steroid dienone is 1. The normalized spacial score (nSPS) is 13.9. The molecule has 3 aromatic carbocycles. The molecule has 0 atom stereocenters. The first kappa shape index (κ1) is 18.2. The summed E-state index contributed by atoms with van der Waals surface area (Å²) in [5.41, 5.74) is 2.81. The smallest absolute Gasteiger partial charge is 0.343 e. The number of carbonyl (C=O) groups is 2. The standard InChI is InChI=1S/C23H15BrO4/c1-14-2-6-16(7-3-14)23(26)27-18-10-11-19-20(13-18)28-21(22(19)25)12-15-4-8-17(24)9-5-15/h2-13H,1H3/b21-12-. The van der Waals surface area contributed by atoms with Crippen LogP contribution in [0.15, 0.2) is 77.0 Å². The van der Waals surface area contributed by atoms with Crippen LogP contribution in [0.25, 0.3) is 6.08 Å². The van der Waals surface area contributed by atoms with Gasteiger partial charge in [-0.1, -0.05) is 45.8 Å². The predicted molar refractivity (Wildman–Crippen MR) is 110 cm³/mol. The Balaban J connectivity index is 1.54. The molecule has 4 rings (SSSR count). The Hall–Kier alpha value is -3.18. The average Bonchev–Trinajstić information content (AvgIpc) is 2.99. The zero-order valence-corrected chi connectivity index (χ0v) is 16.5. The Bertz CT molecular complexity index is 1100. The zero-order chi connectivity index (χ0) is 19.7. The van der Waals surface area contributed by atoms with Crippen LogP contribution in [0.3, 0.4) is 0 Å². The number of halogens is 1.